The molecule has 2 aromatic rings. The molecule has 0 atom stereocenters. The number of fused-ring (bicyclic) bond motifs is 1. The third-order valence-electron chi connectivity index (χ3n) is 6.29. The van der Waals surface area contributed by atoms with Crippen LogP contribution in [0.2, 0.25) is 0 Å². The smallest absolute Gasteiger partial charge is 0.341 e. The van der Waals surface area contributed by atoms with E-state index in [4.69, 9.17) is 4.74 Å². The van der Waals surface area contributed by atoms with Crippen molar-refractivity contribution in [3.05, 3.63) is 40.3 Å². The summed E-state index contributed by atoms with van der Waals surface area (Å²) in [5.41, 5.74) is 5.14. The number of methoxy groups -OCH3 is 1. The van der Waals surface area contributed by atoms with Gasteiger partial charge in [-0.15, -0.1) is 11.3 Å². The van der Waals surface area contributed by atoms with Crippen LogP contribution in [-0.2, 0) is 22.4 Å². The molecule has 1 N–H and O–H groups in total. The van der Waals surface area contributed by atoms with Crippen LogP contribution in [0.15, 0.2) is 23.6 Å². The largest absolute Gasteiger partial charge is 0.465 e. The Hall–Kier alpha value is -2.14. The molecule has 1 aromatic heterocycles. The molecule has 2 aliphatic rings. The Morgan fingerprint density at radius 2 is 1.83 bits per heavy atom. The Kier molecular flexibility index (Phi) is 6.34. The Bertz CT molecular complexity index is 896. The molecular formula is C24H29NO3S. The first-order chi connectivity index (χ1) is 14.2. The molecular weight excluding hydrogens is 382 g/mol. The molecule has 1 aromatic carbocycles. The number of amides is 1. The summed E-state index contributed by atoms with van der Waals surface area (Å²) >= 11 is 1.41. The van der Waals surface area contributed by atoms with Gasteiger partial charge < -0.3 is 10.1 Å². The number of nitrogens with one attached hydrogen (secondary N) is 1. The molecule has 2 aliphatic carbocycles. The molecule has 0 saturated heterocycles. The molecule has 1 fully saturated rings. The number of hydrogen-bond donors (Lipinski definition) is 1. The van der Waals surface area contributed by atoms with E-state index < -0.39 is 5.97 Å². The van der Waals surface area contributed by atoms with E-state index in [0.29, 0.717) is 22.9 Å². The van der Waals surface area contributed by atoms with Crippen LogP contribution in [0.4, 0.5) is 5.00 Å². The summed E-state index contributed by atoms with van der Waals surface area (Å²) in [5, 5.41) is 5.57. The average Bonchev–Trinajstić information content (AvgIpc) is 3.16. The zero-order chi connectivity index (χ0) is 20.2. The lowest BCUT2D eigenvalue weighted by atomic mass is 9.87. The van der Waals surface area contributed by atoms with Gasteiger partial charge in [-0.05, 0) is 61.1 Å². The summed E-state index contributed by atoms with van der Waals surface area (Å²) in [6.45, 7) is 0. The normalized spacial score (nSPS) is 16.9. The van der Waals surface area contributed by atoms with Crippen molar-refractivity contribution in [1.82, 2.24) is 0 Å². The summed E-state index contributed by atoms with van der Waals surface area (Å²) in [5.74, 6) is 0.0678. The van der Waals surface area contributed by atoms with Crippen molar-refractivity contribution in [3.63, 3.8) is 0 Å². The molecule has 4 nitrogen and oxygen atoms in total. The summed E-state index contributed by atoms with van der Waals surface area (Å²) in [6.07, 6.45) is 11.2. The molecule has 1 heterocycles. The number of hydrogen-bond acceptors (Lipinski definition) is 4. The number of benzene rings is 1. The standard InChI is InChI=1S/C24H29NO3S/c1-28-24(27)22-20(19-12-11-17-9-5-6-10-18(17)14-19)15-29-23(22)25-21(26)13-16-7-3-2-4-8-16/h11-12,14-16H,2-10,13H2,1H3,(H,25,26). The van der Waals surface area contributed by atoms with Crippen molar-refractivity contribution in [2.75, 3.05) is 12.4 Å². The maximum absolute atomic E-state index is 12.6. The van der Waals surface area contributed by atoms with E-state index in [1.54, 1.807) is 0 Å². The zero-order valence-electron chi connectivity index (χ0n) is 17.1. The van der Waals surface area contributed by atoms with E-state index >= 15 is 0 Å². The van der Waals surface area contributed by atoms with E-state index in [1.165, 1.54) is 61.7 Å². The number of aryl methyl sites for hydroxylation is 2. The highest BCUT2D eigenvalue weighted by Gasteiger charge is 2.24. The molecule has 29 heavy (non-hydrogen) atoms. The maximum Gasteiger partial charge on any atom is 0.341 e. The fourth-order valence-corrected chi connectivity index (χ4v) is 5.67. The lowest BCUT2D eigenvalue weighted by molar-refractivity contribution is -0.117. The van der Waals surface area contributed by atoms with E-state index in [-0.39, 0.29) is 5.91 Å². The number of carbonyl (C=O) groups is 2. The second kappa shape index (κ2) is 9.12. The number of carbonyl (C=O) groups excluding carboxylic acids is 2. The molecule has 5 heteroatoms. The minimum Gasteiger partial charge on any atom is -0.465 e. The van der Waals surface area contributed by atoms with Gasteiger partial charge in [-0.1, -0.05) is 37.5 Å². The van der Waals surface area contributed by atoms with Crippen LogP contribution in [0.1, 0.15) is 72.9 Å². The minimum atomic E-state index is -0.396. The first-order valence-electron chi connectivity index (χ1n) is 10.8. The van der Waals surface area contributed by atoms with E-state index in [0.717, 1.165) is 36.8 Å². The van der Waals surface area contributed by atoms with Crippen LogP contribution in [-0.4, -0.2) is 19.0 Å². The Morgan fingerprint density at radius 1 is 1.07 bits per heavy atom. The van der Waals surface area contributed by atoms with E-state index in [2.05, 4.69) is 23.5 Å². The molecule has 0 unspecified atom stereocenters. The second-order valence-corrected chi connectivity index (χ2v) is 9.17. The van der Waals surface area contributed by atoms with Gasteiger partial charge in [0.15, 0.2) is 0 Å². The van der Waals surface area contributed by atoms with Gasteiger partial charge in [-0.3, -0.25) is 4.79 Å². The fourth-order valence-electron chi connectivity index (χ4n) is 4.70. The van der Waals surface area contributed by atoms with Crippen molar-refractivity contribution >= 4 is 28.2 Å². The highest BCUT2D eigenvalue weighted by atomic mass is 32.1. The van der Waals surface area contributed by atoms with Gasteiger partial charge in [0.05, 0.1) is 7.11 Å². The number of ether oxygens (including phenoxy) is 1. The predicted octanol–water partition coefficient (Wildman–Crippen LogP) is 5.99. The van der Waals surface area contributed by atoms with Crippen LogP contribution in [0.5, 0.6) is 0 Å². The Balaban J connectivity index is 1.58. The maximum atomic E-state index is 12.6. The third kappa shape index (κ3) is 4.55. The average molecular weight is 412 g/mol. The highest BCUT2D eigenvalue weighted by Crippen LogP contribution is 2.38. The highest BCUT2D eigenvalue weighted by molar-refractivity contribution is 7.15. The van der Waals surface area contributed by atoms with E-state index in [1.807, 2.05) is 5.38 Å². The lowest BCUT2D eigenvalue weighted by Gasteiger charge is -2.20. The van der Waals surface area contributed by atoms with Crippen molar-refractivity contribution in [2.24, 2.45) is 5.92 Å². The minimum absolute atomic E-state index is 0.000828. The number of anilines is 1. The molecule has 1 amide bonds. The van der Waals surface area contributed by atoms with Gasteiger partial charge in [0.1, 0.15) is 10.6 Å². The Morgan fingerprint density at radius 3 is 2.59 bits per heavy atom. The molecule has 4 rings (SSSR count). The molecule has 0 bridgehead atoms. The van der Waals surface area contributed by atoms with Gasteiger partial charge in [-0.2, -0.15) is 0 Å². The summed E-state index contributed by atoms with van der Waals surface area (Å²) < 4.78 is 5.06. The quantitative estimate of drug-likeness (QED) is 0.615. The predicted molar refractivity (Wildman–Crippen MR) is 118 cm³/mol. The summed E-state index contributed by atoms with van der Waals surface area (Å²) in [4.78, 5) is 25.2. The number of esters is 1. The van der Waals surface area contributed by atoms with Crippen LogP contribution >= 0.6 is 11.3 Å². The van der Waals surface area contributed by atoms with Crippen LogP contribution in [0, 0.1) is 5.92 Å². The van der Waals surface area contributed by atoms with Crippen molar-refractivity contribution < 1.29 is 14.3 Å². The van der Waals surface area contributed by atoms with Gasteiger partial charge in [0, 0.05) is 17.4 Å². The second-order valence-electron chi connectivity index (χ2n) is 8.29. The van der Waals surface area contributed by atoms with Gasteiger partial charge in [0.2, 0.25) is 5.91 Å². The number of rotatable bonds is 5. The molecule has 0 spiro atoms. The van der Waals surface area contributed by atoms with Crippen molar-refractivity contribution in [3.8, 4) is 11.1 Å². The van der Waals surface area contributed by atoms with Gasteiger partial charge in [0.25, 0.3) is 0 Å². The fraction of sp³-hybridized carbons (Fsp3) is 0.500. The molecule has 1 saturated carbocycles. The number of thiophene rings is 1. The van der Waals surface area contributed by atoms with Crippen LogP contribution in [0.3, 0.4) is 0 Å². The first kappa shape index (κ1) is 20.1. The zero-order valence-corrected chi connectivity index (χ0v) is 17.9. The molecule has 154 valence electrons. The topological polar surface area (TPSA) is 55.4 Å². The van der Waals surface area contributed by atoms with Crippen molar-refractivity contribution in [2.45, 2.75) is 64.2 Å². The van der Waals surface area contributed by atoms with Crippen LogP contribution in [0.25, 0.3) is 11.1 Å². The first-order valence-corrected chi connectivity index (χ1v) is 11.7. The van der Waals surface area contributed by atoms with Gasteiger partial charge >= 0.3 is 5.97 Å². The molecule has 0 aliphatic heterocycles. The third-order valence-corrected chi connectivity index (χ3v) is 7.19. The van der Waals surface area contributed by atoms with Crippen LogP contribution < -0.4 is 5.32 Å². The molecule has 0 radical (unpaired) electrons. The summed E-state index contributed by atoms with van der Waals surface area (Å²) in [7, 11) is 1.39. The Labute approximate surface area is 176 Å². The lowest BCUT2D eigenvalue weighted by Crippen LogP contribution is -2.19. The van der Waals surface area contributed by atoms with Gasteiger partial charge in [-0.25, -0.2) is 4.79 Å². The van der Waals surface area contributed by atoms with E-state index in [9.17, 15) is 9.59 Å². The monoisotopic (exact) mass is 411 g/mol. The van der Waals surface area contributed by atoms with Crippen molar-refractivity contribution in [1.29, 1.82) is 0 Å². The summed E-state index contributed by atoms with van der Waals surface area (Å²) in [6, 6.07) is 6.48. The SMILES string of the molecule is COC(=O)c1c(-c2ccc3c(c2)CCCC3)csc1NC(=O)CC1CCCCC1.